The number of anilines is 1. The van der Waals surface area contributed by atoms with Crippen LogP contribution in [0.1, 0.15) is 33.3 Å². The molecule has 1 aliphatic rings. The van der Waals surface area contributed by atoms with Crippen LogP contribution in [0.4, 0.5) is 10.1 Å². The molecule has 4 heteroatoms. The van der Waals surface area contributed by atoms with Gasteiger partial charge in [0.15, 0.2) is 0 Å². The van der Waals surface area contributed by atoms with Crippen LogP contribution >= 0.6 is 0 Å². The number of allylic oxidation sites excluding steroid dienone is 2. The lowest BCUT2D eigenvalue weighted by atomic mass is 9.85. The number of carbonyl (C=O) groups is 1. The maximum absolute atomic E-state index is 14.1. The molecule has 2 atom stereocenters. The first-order valence-corrected chi connectivity index (χ1v) is 9.03. The SMILES string of the molecule is C=C(Nc1ccccc1CC)[C@H]1C(=O)NC[C@@H]1C(=C)/C=C(\C)C(C)(C)F. The molecular formula is C22H29FN2O. The van der Waals surface area contributed by atoms with Gasteiger partial charge >= 0.3 is 0 Å². The molecule has 3 nitrogen and oxygen atoms in total. The molecule has 1 saturated heterocycles. The molecule has 1 amide bonds. The number of rotatable bonds is 7. The van der Waals surface area contributed by atoms with Crippen molar-refractivity contribution in [1.82, 2.24) is 5.32 Å². The van der Waals surface area contributed by atoms with E-state index in [9.17, 15) is 9.18 Å². The molecule has 0 unspecified atom stereocenters. The quantitative estimate of drug-likeness (QED) is 0.690. The first kappa shape index (κ1) is 20.0. The summed E-state index contributed by atoms with van der Waals surface area (Å²) in [6, 6.07) is 7.98. The van der Waals surface area contributed by atoms with Gasteiger partial charge in [0.05, 0.1) is 5.92 Å². The van der Waals surface area contributed by atoms with Gasteiger partial charge in [0.2, 0.25) is 5.91 Å². The third-order valence-electron chi connectivity index (χ3n) is 5.07. The van der Waals surface area contributed by atoms with E-state index in [1.807, 2.05) is 18.2 Å². The molecule has 2 N–H and O–H groups in total. The molecule has 1 aliphatic heterocycles. The van der Waals surface area contributed by atoms with E-state index in [1.54, 1.807) is 13.0 Å². The van der Waals surface area contributed by atoms with Crippen LogP contribution in [-0.4, -0.2) is 18.1 Å². The van der Waals surface area contributed by atoms with Crippen LogP contribution in [0, 0.1) is 11.8 Å². The van der Waals surface area contributed by atoms with E-state index in [4.69, 9.17) is 0 Å². The van der Waals surface area contributed by atoms with Crippen molar-refractivity contribution in [3.8, 4) is 0 Å². The Morgan fingerprint density at radius 2 is 2.04 bits per heavy atom. The molecule has 1 aromatic carbocycles. The summed E-state index contributed by atoms with van der Waals surface area (Å²) in [6.45, 7) is 15.6. The molecule has 0 spiro atoms. The normalized spacial score (nSPS) is 20.7. The number of benzene rings is 1. The van der Waals surface area contributed by atoms with Crippen molar-refractivity contribution in [1.29, 1.82) is 0 Å². The summed E-state index contributed by atoms with van der Waals surface area (Å²) in [5.41, 5.74) is 2.68. The number of carbonyl (C=O) groups excluding carboxylic acids is 1. The van der Waals surface area contributed by atoms with Crippen LogP contribution < -0.4 is 10.6 Å². The molecule has 2 rings (SSSR count). The molecule has 1 heterocycles. The van der Waals surface area contributed by atoms with Crippen LogP contribution in [0.2, 0.25) is 0 Å². The first-order chi connectivity index (χ1) is 12.1. The van der Waals surface area contributed by atoms with E-state index in [0.29, 0.717) is 17.8 Å². The largest absolute Gasteiger partial charge is 0.358 e. The van der Waals surface area contributed by atoms with Gasteiger partial charge in [-0.3, -0.25) is 4.79 Å². The highest BCUT2D eigenvalue weighted by molar-refractivity contribution is 5.85. The molecule has 140 valence electrons. The third-order valence-corrected chi connectivity index (χ3v) is 5.07. The summed E-state index contributed by atoms with van der Waals surface area (Å²) >= 11 is 0. The zero-order valence-corrected chi connectivity index (χ0v) is 16.2. The van der Waals surface area contributed by atoms with Crippen LogP contribution in [0.3, 0.4) is 0 Å². The van der Waals surface area contributed by atoms with Gasteiger partial charge in [-0.05, 0) is 50.0 Å². The van der Waals surface area contributed by atoms with E-state index in [0.717, 1.165) is 23.2 Å². The summed E-state index contributed by atoms with van der Waals surface area (Å²) in [6.07, 6.45) is 2.64. The van der Waals surface area contributed by atoms with Gasteiger partial charge in [-0.2, -0.15) is 0 Å². The van der Waals surface area contributed by atoms with Gasteiger partial charge in [0.25, 0.3) is 0 Å². The lowest BCUT2D eigenvalue weighted by Crippen LogP contribution is -2.25. The van der Waals surface area contributed by atoms with E-state index >= 15 is 0 Å². The molecule has 0 saturated carbocycles. The summed E-state index contributed by atoms with van der Waals surface area (Å²) in [4.78, 5) is 12.4. The number of aryl methyl sites for hydroxylation is 1. The third kappa shape index (κ3) is 4.43. The highest BCUT2D eigenvalue weighted by atomic mass is 19.1. The van der Waals surface area contributed by atoms with Crippen molar-refractivity contribution in [2.75, 3.05) is 11.9 Å². The average Bonchev–Trinajstić information content (AvgIpc) is 2.96. The number of alkyl halides is 1. The highest BCUT2D eigenvalue weighted by Gasteiger charge is 2.38. The minimum Gasteiger partial charge on any atom is -0.358 e. The van der Waals surface area contributed by atoms with E-state index in [2.05, 4.69) is 36.8 Å². The second kappa shape index (κ2) is 7.90. The number of hydrogen-bond acceptors (Lipinski definition) is 2. The standard InChI is InChI=1S/C22H29FN2O/c1-7-17-10-8-9-11-19(17)25-16(4)20-18(13-24-21(20)26)14(2)12-15(3)22(5,6)23/h8-12,18,20,25H,2,4,7,13H2,1,3,5-6H3,(H,24,26)/b15-12+/t18-,20-/m1/s1. The molecule has 1 fully saturated rings. The zero-order chi connectivity index (χ0) is 19.5. The zero-order valence-electron chi connectivity index (χ0n) is 16.2. The lowest BCUT2D eigenvalue weighted by Gasteiger charge is -2.23. The molecule has 0 aromatic heterocycles. The minimum absolute atomic E-state index is 0.0757. The lowest BCUT2D eigenvalue weighted by molar-refractivity contribution is -0.121. The van der Waals surface area contributed by atoms with Gasteiger partial charge in [-0.1, -0.05) is 44.4 Å². The predicted octanol–water partition coefficient (Wildman–Crippen LogP) is 4.79. The molecule has 0 bridgehead atoms. The van der Waals surface area contributed by atoms with E-state index in [1.165, 1.54) is 13.8 Å². The first-order valence-electron chi connectivity index (χ1n) is 9.03. The Balaban J connectivity index is 2.21. The molecule has 1 aromatic rings. The smallest absolute Gasteiger partial charge is 0.229 e. The molecular weight excluding hydrogens is 327 g/mol. The Hall–Kier alpha value is -2.36. The van der Waals surface area contributed by atoms with Crippen molar-refractivity contribution < 1.29 is 9.18 Å². The van der Waals surface area contributed by atoms with Crippen LogP contribution in [-0.2, 0) is 11.2 Å². The average molecular weight is 356 g/mol. The van der Waals surface area contributed by atoms with Gasteiger partial charge in [-0.15, -0.1) is 0 Å². The summed E-state index contributed by atoms with van der Waals surface area (Å²) < 4.78 is 14.1. The second-order valence-electron chi connectivity index (χ2n) is 7.36. The number of para-hydroxylation sites is 1. The van der Waals surface area contributed by atoms with Crippen molar-refractivity contribution >= 4 is 11.6 Å². The fourth-order valence-electron chi connectivity index (χ4n) is 3.13. The molecule has 0 radical (unpaired) electrons. The Bertz CT molecular complexity index is 743. The Labute approximate surface area is 156 Å². The summed E-state index contributed by atoms with van der Waals surface area (Å²) in [7, 11) is 0. The maximum Gasteiger partial charge on any atom is 0.229 e. The fraction of sp³-hybridized carbons (Fsp3) is 0.409. The number of hydrogen-bond donors (Lipinski definition) is 2. The van der Waals surface area contributed by atoms with Crippen molar-refractivity contribution in [3.05, 3.63) is 65.9 Å². The molecule has 0 aliphatic carbocycles. The van der Waals surface area contributed by atoms with E-state index in [-0.39, 0.29) is 11.8 Å². The number of amides is 1. The Morgan fingerprint density at radius 3 is 2.65 bits per heavy atom. The van der Waals surface area contributed by atoms with Gasteiger partial charge in [-0.25, -0.2) is 4.39 Å². The van der Waals surface area contributed by atoms with Gasteiger partial charge in [0.1, 0.15) is 5.67 Å². The predicted molar refractivity (Wildman–Crippen MR) is 107 cm³/mol. The van der Waals surface area contributed by atoms with Crippen LogP contribution in [0.5, 0.6) is 0 Å². The van der Waals surface area contributed by atoms with Crippen LogP contribution in [0.25, 0.3) is 0 Å². The number of halogens is 1. The monoisotopic (exact) mass is 356 g/mol. The minimum atomic E-state index is -1.41. The summed E-state index contributed by atoms with van der Waals surface area (Å²) in [5.74, 6) is -0.652. The highest BCUT2D eigenvalue weighted by Crippen LogP contribution is 2.33. The topological polar surface area (TPSA) is 41.1 Å². The maximum atomic E-state index is 14.1. The van der Waals surface area contributed by atoms with Crippen molar-refractivity contribution in [3.63, 3.8) is 0 Å². The van der Waals surface area contributed by atoms with Crippen molar-refractivity contribution in [2.45, 2.75) is 39.8 Å². The van der Waals surface area contributed by atoms with Gasteiger partial charge in [0, 0.05) is 23.8 Å². The summed E-state index contributed by atoms with van der Waals surface area (Å²) in [5, 5.41) is 6.20. The van der Waals surface area contributed by atoms with Crippen LogP contribution in [0.15, 0.2) is 60.3 Å². The number of nitrogens with one attached hydrogen (secondary N) is 2. The second-order valence-corrected chi connectivity index (χ2v) is 7.36. The van der Waals surface area contributed by atoms with E-state index < -0.39 is 11.6 Å². The van der Waals surface area contributed by atoms with Crippen molar-refractivity contribution in [2.24, 2.45) is 11.8 Å². The fourth-order valence-corrected chi connectivity index (χ4v) is 3.13. The Kier molecular flexibility index (Phi) is 6.06. The van der Waals surface area contributed by atoms with Gasteiger partial charge < -0.3 is 10.6 Å². The Morgan fingerprint density at radius 1 is 1.38 bits per heavy atom. The molecule has 26 heavy (non-hydrogen) atoms.